The number of ether oxygens (including phenoxy) is 1. The van der Waals surface area contributed by atoms with Gasteiger partial charge in [0.1, 0.15) is 5.75 Å². The predicted molar refractivity (Wildman–Crippen MR) is 59.7 cm³/mol. The molecule has 0 aliphatic carbocycles. The maximum absolute atomic E-state index is 10.9. The Morgan fingerprint density at radius 1 is 1.44 bits per heavy atom. The summed E-state index contributed by atoms with van der Waals surface area (Å²) in [7, 11) is 1.46. The summed E-state index contributed by atoms with van der Waals surface area (Å²) in [6.45, 7) is 0. The molecule has 0 saturated carbocycles. The van der Waals surface area contributed by atoms with E-state index in [1.165, 1.54) is 13.2 Å². The van der Waals surface area contributed by atoms with Crippen molar-refractivity contribution in [1.82, 2.24) is 0 Å². The number of ketones is 1. The van der Waals surface area contributed by atoms with Gasteiger partial charge in [-0.25, -0.2) is 4.79 Å². The highest BCUT2D eigenvalue weighted by Gasteiger charge is 2.08. The van der Waals surface area contributed by atoms with Crippen molar-refractivity contribution < 1.29 is 19.4 Å². The van der Waals surface area contributed by atoms with E-state index in [2.05, 4.69) is 0 Å². The molecule has 0 spiro atoms. The van der Waals surface area contributed by atoms with Crippen molar-refractivity contribution in [3.05, 3.63) is 34.9 Å². The van der Waals surface area contributed by atoms with Crippen molar-refractivity contribution in [2.45, 2.75) is 0 Å². The average molecular weight is 241 g/mol. The largest absolute Gasteiger partial charge is 0.496 e. The third-order valence-corrected chi connectivity index (χ3v) is 2.17. The van der Waals surface area contributed by atoms with Crippen LogP contribution in [0.15, 0.2) is 24.3 Å². The fourth-order valence-corrected chi connectivity index (χ4v) is 1.32. The van der Waals surface area contributed by atoms with Crippen molar-refractivity contribution in [3.8, 4) is 5.75 Å². The SMILES string of the molecule is COc1cccc(Cl)c1/C=C/C(=O)C(=O)O. The Labute approximate surface area is 97.1 Å². The van der Waals surface area contributed by atoms with E-state index in [1.807, 2.05) is 0 Å². The average Bonchev–Trinajstić information content (AvgIpc) is 2.26. The molecule has 1 aromatic rings. The molecule has 1 N–H and O–H groups in total. The fraction of sp³-hybridized carbons (Fsp3) is 0.0909. The van der Waals surface area contributed by atoms with E-state index in [1.54, 1.807) is 18.2 Å². The highest BCUT2D eigenvalue weighted by atomic mass is 35.5. The monoisotopic (exact) mass is 240 g/mol. The number of aliphatic carboxylic acids is 1. The quantitative estimate of drug-likeness (QED) is 0.646. The van der Waals surface area contributed by atoms with Crippen molar-refractivity contribution in [2.24, 2.45) is 0 Å². The number of benzene rings is 1. The number of methoxy groups -OCH3 is 1. The number of hydrogen-bond donors (Lipinski definition) is 1. The number of carbonyl (C=O) groups is 2. The van der Waals surface area contributed by atoms with Gasteiger partial charge in [-0.3, -0.25) is 4.79 Å². The zero-order valence-electron chi connectivity index (χ0n) is 8.44. The van der Waals surface area contributed by atoms with Crippen molar-refractivity contribution in [3.63, 3.8) is 0 Å². The third kappa shape index (κ3) is 2.84. The lowest BCUT2D eigenvalue weighted by atomic mass is 10.1. The molecule has 0 amide bonds. The number of carbonyl (C=O) groups excluding carboxylic acids is 1. The Bertz CT molecular complexity index is 451. The molecule has 0 aromatic heterocycles. The maximum atomic E-state index is 10.9. The van der Waals surface area contributed by atoms with Gasteiger partial charge < -0.3 is 9.84 Å². The van der Waals surface area contributed by atoms with E-state index in [0.29, 0.717) is 16.3 Å². The Morgan fingerprint density at radius 3 is 2.69 bits per heavy atom. The number of halogens is 1. The zero-order valence-corrected chi connectivity index (χ0v) is 9.19. The highest BCUT2D eigenvalue weighted by Crippen LogP contribution is 2.27. The first kappa shape index (κ1) is 12.3. The minimum atomic E-state index is -1.51. The van der Waals surface area contributed by atoms with Crippen LogP contribution in [0, 0.1) is 0 Å². The second-order valence-corrected chi connectivity index (χ2v) is 3.27. The van der Waals surface area contributed by atoms with Gasteiger partial charge in [-0.05, 0) is 24.3 Å². The van der Waals surface area contributed by atoms with Gasteiger partial charge in [-0.2, -0.15) is 0 Å². The summed E-state index contributed by atoms with van der Waals surface area (Å²) in [5.41, 5.74) is 0.473. The van der Waals surface area contributed by atoms with Gasteiger partial charge in [0.05, 0.1) is 12.1 Å². The number of rotatable bonds is 4. The van der Waals surface area contributed by atoms with Crippen molar-refractivity contribution in [1.29, 1.82) is 0 Å². The minimum absolute atomic E-state index is 0.383. The van der Waals surface area contributed by atoms with Crippen LogP contribution < -0.4 is 4.74 Å². The summed E-state index contributed by atoms with van der Waals surface area (Å²) < 4.78 is 5.02. The minimum Gasteiger partial charge on any atom is -0.496 e. The third-order valence-electron chi connectivity index (χ3n) is 1.84. The van der Waals surface area contributed by atoms with Crippen LogP contribution in [0.25, 0.3) is 6.08 Å². The van der Waals surface area contributed by atoms with Crippen LogP contribution >= 0.6 is 11.6 Å². The maximum Gasteiger partial charge on any atom is 0.376 e. The second kappa shape index (κ2) is 5.32. The molecule has 0 radical (unpaired) electrons. The fourth-order valence-electron chi connectivity index (χ4n) is 1.09. The summed E-state index contributed by atoms with van der Waals surface area (Å²) in [5, 5.41) is 8.77. The molecule has 1 aromatic carbocycles. The van der Waals surface area contributed by atoms with Crippen LogP contribution in [0.3, 0.4) is 0 Å². The molecule has 0 aliphatic heterocycles. The summed E-state index contributed by atoms with van der Waals surface area (Å²) >= 11 is 5.88. The van der Waals surface area contributed by atoms with Gasteiger partial charge >= 0.3 is 5.97 Å². The van der Waals surface area contributed by atoms with Gasteiger partial charge in [0.2, 0.25) is 0 Å². The Balaban J connectivity index is 3.05. The molecule has 4 nitrogen and oxygen atoms in total. The molecule has 0 unspecified atom stereocenters. The number of carboxylic acid groups (broad SMARTS) is 1. The van der Waals surface area contributed by atoms with E-state index >= 15 is 0 Å². The molecule has 0 atom stereocenters. The first-order chi connectivity index (χ1) is 7.56. The topological polar surface area (TPSA) is 63.6 Å². The van der Waals surface area contributed by atoms with Crippen LogP contribution in [0.4, 0.5) is 0 Å². The number of carboxylic acids is 1. The second-order valence-electron chi connectivity index (χ2n) is 2.86. The molecule has 0 fully saturated rings. The van der Waals surface area contributed by atoms with Crippen LogP contribution in [-0.4, -0.2) is 24.0 Å². The molecule has 0 heterocycles. The highest BCUT2D eigenvalue weighted by molar-refractivity contribution is 6.38. The molecular formula is C11H9ClO4. The molecule has 0 aliphatic rings. The first-order valence-corrected chi connectivity index (χ1v) is 4.72. The van der Waals surface area contributed by atoms with E-state index in [0.717, 1.165) is 6.08 Å². The van der Waals surface area contributed by atoms with Gasteiger partial charge in [0, 0.05) is 5.56 Å². The Hall–Kier alpha value is -1.81. The molecule has 1 rings (SSSR count). The molecule has 0 bridgehead atoms. The summed E-state index contributed by atoms with van der Waals surface area (Å²) in [6.07, 6.45) is 2.25. The zero-order chi connectivity index (χ0) is 12.1. The Kier molecular flexibility index (Phi) is 4.08. The van der Waals surface area contributed by atoms with E-state index in [-0.39, 0.29) is 0 Å². The van der Waals surface area contributed by atoms with E-state index in [4.69, 9.17) is 21.4 Å². The molecule has 16 heavy (non-hydrogen) atoms. The number of hydrogen-bond acceptors (Lipinski definition) is 3. The van der Waals surface area contributed by atoms with Crippen LogP contribution in [0.2, 0.25) is 5.02 Å². The normalized spacial score (nSPS) is 10.4. The van der Waals surface area contributed by atoms with E-state index in [9.17, 15) is 9.59 Å². The molecule has 0 saturated heterocycles. The predicted octanol–water partition coefficient (Wildman–Crippen LogP) is 2.02. The summed E-state index contributed by atoms with van der Waals surface area (Å²) in [5.74, 6) is -2.05. The molecular weight excluding hydrogens is 232 g/mol. The lowest BCUT2D eigenvalue weighted by Gasteiger charge is -2.05. The van der Waals surface area contributed by atoms with Crippen molar-refractivity contribution >= 4 is 29.4 Å². The lowest BCUT2D eigenvalue weighted by molar-refractivity contribution is -0.146. The van der Waals surface area contributed by atoms with Gasteiger partial charge in [0.15, 0.2) is 0 Å². The van der Waals surface area contributed by atoms with Crippen LogP contribution in [-0.2, 0) is 9.59 Å². The molecule has 84 valence electrons. The smallest absolute Gasteiger partial charge is 0.376 e. The van der Waals surface area contributed by atoms with Gasteiger partial charge in [0.25, 0.3) is 5.78 Å². The standard InChI is InChI=1S/C11H9ClO4/c1-16-10-4-2-3-8(12)7(10)5-6-9(13)11(14)15/h2-6H,1H3,(H,14,15)/b6-5+. The first-order valence-electron chi connectivity index (χ1n) is 4.34. The van der Waals surface area contributed by atoms with Gasteiger partial charge in [-0.1, -0.05) is 17.7 Å². The van der Waals surface area contributed by atoms with Crippen LogP contribution in [0.1, 0.15) is 5.56 Å². The molecule has 5 heteroatoms. The summed E-state index contributed by atoms with van der Waals surface area (Å²) in [4.78, 5) is 21.2. The van der Waals surface area contributed by atoms with E-state index < -0.39 is 11.8 Å². The Morgan fingerprint density at radius 2 is 2.12 bits per heavy atom. The summed E-state index contributed by atoms with van der Waals surface area (Å²) in [6, 6.07) is 4.98. The van der Waals surface area contributed by atoms with Crippen LogP contribution in [0.5, 0.6) is 5.75 Å². The van der Waals surface area contributed by atoms with Crippen molar-refractivity contribution in [2.75, 3.05) is 7.11 Å². The van der Waals surface area contributed by atoms with Gasteiger partial charge in [-0.15, -0.1) is 0 Å². The lowest BCUT2D eigenvalue weighted by Crippen LogP contribution is -2.08.